The highest BCUT2D eigenvalue weighted by Gasteiger charge is 2.39. The van der Waals surface area contributed by atoms with Crippen molar-refractivity contribution in [1.29, 1.82) is 0 Å². The Morgan fingerprint density at radius 3 is 1.87 bits per heavy atom. The van der Waals surface area contributed by atoms with E-state index in [4.69, 9.17) is 0 Å². The lowest BCUT2D eigenvalue weighted by Crippen LogP contribution is -2.47. The molecule has 0 spiro atoms. The Kier molecular flexibility index (Phi) is 8.88. The fourth-order valence-electron chi connectivity index (χ4n) is 5.72. The first kappa shape index (κ1) is 27.4. The van der Waals surface area contributed by atoms with Gasteiger partial charge in [-0.15, -0.1) is 0 Å². The number of hydrogen-bond donors (Lipinski definition) is 2. The van der Waals surface area contributed by atoms with E-state index in [2.05, 4.69) is 80.8 Å². The van der Waals surface area contributed by atoms with Crippen molar-refractivity contribution in [3.8, 4) is 0 Å². The van der Waals surface area contributed by atoms with Gasteiger partial charge in [0.05, 0.1) is 0 Å². The number of nitrogens with zero attached hydrogens (tertiary/aromatic N) is 1. The highest BCUT2D eigenvalue weighted by molar-refractivity contribution is 5.98. The van der Waals surface area contributed by atoms with Crippen molar-refractivity contribution >= 4 is 23.3 Å². The van der Waals surface area contributed by atoms with Crippen LogP contribution in [0.25, 0.3) is 0 Å². The molecule has 200 valence electrons. The van der Waals surface area contributed by atoms with Crippen molar-refractivity contribution in [2.75, 3.05) is 23.7 Å². The molecule has 0 unspecified atom stereocenters. The van der Waals surface area contributed by atoms with Gasteiger partial charge < -0.3 is 15.5 Å². The maximum Gasteiger partial charge on any atom is 0.322 e. The molecule has 5 nitrogen and oxygen atoms in total. The Labute approximate surface area is 227 Å². The molecule has 0 bridgehead atoms. The van der Waals surface area contributed by atoms with Gasteiger partial charge in [-0.1, -0.05) is 107 Å². The zero-order chi connectivity index (χ0) is 27.1. The highest BCUT2D eigenvalue weighted by Crippen LogP contribution is 2.42. The monoisotopic (exact) mass is 511 g/mol. The second kappa shape index (κ2) is 12.3. The van der Waals surface area contributed by atoms with Gasteiger partial charge in [0.2, 0.25) is 5.91 Å². The smallest absolute Gasteiger partial charge is 0.322 e. The minimum Gasteiger partial charge on any atom is -0.324 e. The summed E-state index contributed by atoms with van der Waals surface area (Å²) in [4.78, 5) is 29.0. The van der Waals surface area contributed by atoms with Crippen molar-refractivity contribution in [3.05, 3.63) is 95.6 Å². The van der Waals surface area contributed by atoms with E-state index in [9.17, 15) is 9.59 Å². The molecule has 1 saturated carbocycles. The molecule has 0 heterocycles. The Balaban J connectivity index is 1.62. The molecule has 0 aliphatic heterocycles. The summed E-state index contributed by atoms with van der Waals surface area (Å²) in [6.45, 7) is 9.02. The molecular weight excluding hydrogens is 470 g/mol. The molecule has 4 rings (SSSR count). The number of carbonyl (C=O) groups excluding carboxylic acids is 2. The number of rotatable bonds is 9. The summed E-state index contributed by atoms with van der Waals surface area (Å²) >= 11 is 0. The fraction of sp³-hybridized carbons (Fsp3) is 0.394. The van der Waals surface area contributed by atoms with Crippen LogP contribution in [0.2, 0.25) is 0 Å². The van der Waals surface area contributed by atoms with E-state index in [1.807, 2.05) is 36.4 Å². The molecule has 1 aliphatic rings. The maximum absolute atomic E-state index is 13.6. The predicted octanol–water partition coefficient (Wildman–Crippen LogP) is 7.92. The summed E-state index contributed by atoms with van der Waals surface area (Å²) in [5.74, 6) is 0.354. The van der Waals surface area contributed by atoms with E-state index in [0.717, 1.165) is 48.2 Å². The molecule has 5 heteroatoms. The third-order valence-electron chi connectivity index (χ3n) is 7.72. The normalized spacial score (nSPS) is 14.5. The largest absolute Gasteiger partial charge is 0.324 e. The summed E-state index contributed by atoms with van der Waals surface area (Å²) in [6.07, 6.45) is 4.24. The Hall–Kier alpha value is -3.60. The van der Waals surface area contributed by atoms with Crippen LogP contribution < -0.4 is 10.6 Å². The molecule has 3 amide bonds. The molecule has 1 fully saturated rings. The average Bonchev–Trinajstić information content (AvgIpc) is 3.39. The molecular formula is C33H41N3O2. The van der Waals surface area contributed by atoms with Crippen LogP contribution in [0.5, 0.6) is 0 Å². The summed E-state index contributed by atoms with van der Waals surface area (Å²) < 4.78 is 0. The molecule has 3 aromatic carbocycles. The van der Waals surface area contributed by atoms with Crippen molar-refractivity contribution in [1.82, 2.24) is 4.90 Å². The zero-order valence-electron chi connectivity index (χ0n) is 23.2. The number of carbonyl (C=O) groups is 2. The SMILES string of the molecule is CC(C)c1cccc(C(C)C)c1NC(=O)CN(CC1(c2ccccc2)CCCC1)C(=O)Nc1ccccc1. The second-order valence-electron chi connectivity index (χ2n) is 11.2. The van der Waals surface area contributed by atoms with Gasteiger partial charge in [-0.05, 0) is 53.5 Å². The summed E-state index contributed by atoms with van der Waals surface area (Å²) in [6, 6.07) is 25.9. The Morgan fingerprint density at radius 2 is 1.32 bits per heavy atom. The lowest BCUT2D eigenvalue weighted by Gasteiger charge is -2.36. The quantitative estimate of drug-likeness (QED) is 0.306. The van der Waals surface area contributed by atoms with Crippen LogP contribution in [0, 0.1) is 0 Å². The number of para-hydroxylation sites is 2. The van der Waals surface area contributed by atoms with Crippen LogP contribution in [0.1, 0.15) is 81.9 Å². The first-order chi connectivity index (χ1) is 18.3. The van der Waals surface area contributed by atoms with E-state index < -0.39 is 0 Å². The Bertz CT molecular complexity index is 1190. The van der Waals surface area contributed by atoms with Gasteiger partial charge in [0.15, 0.2) is 0 Å². The van der Waals surface area contributed by atoms with Crippen LogP contribution in [-0.4, -0.2) is 29.9 Å². The molecule has 0 saturated heterocycles. The zero-order valence-corrected chi connectivity index (χ0v) is 23.2. The van der Waals surface area contributed by atoms with Gasteiger partial charge in [0.25, 0.3) is 0 Å². The molecule has 1 aliphatic carbocycles. The van der Waals surface area contributed by atoms with Crippen LogP contribution in [0.3, 0.4) is 0 Å². The number of hydrogen-bond acceptors (Lipinski definition) is 2. The Morgan fingerprint density at radius 1 is 0.763 bits per heavy atom. The fourth-order valence-corrected chi connectivity index (χ4v) is 5.72. The molecule has 0 radical (unpaired) electrons. The number of nitrogens with one attached hydrogen (secondary N) is 2. The minimum absolute atomic E-state index is 0.0167. The number of benzene rings is 3. The van der Waals surface area contributed by atoms with E-state index in [1.165, 1.54) is 5.56 Å². The van der Waals surface area contributed by atoms with E-state index in [0.29, 0.717) is 6.54 Å². The molecule has 38 heavy (non-hydrogen) atoms. The summed E-state index contributed by atoms with van der Waals surface area (Å²) in [5, 5.41) is 6.23. The summed E-state index contributed by atoms with van der Waals surface area (Å²) in [5.41, 5.74) is 4.90. The van der Waals surface area contributed by atoms with E-state index >= 15 is 0 Å². The van der Waals surface area contributed by atoms with Crippen molar-refractivity contribution in [2.45, 2.75) is 70.6 Å². The third kappa shape index (κ3) is 6.45. The van der Waals surface area contributed by atoms with Crippen molar-refractivity contribution < 1.29 is 9.59 Å². The average molecular weight is 512 g/mol. The molecule has 3 aromatic rings. The van der Waals surface area contributed by atoms with Crippen molar-refractivity contribution in [3.63, 3.8) is 0 Å². The standard InChI is InChI=1S/C33H41N3O2/c1-24(2)28-18-13-19-29(25(3)4)31(28)35-30(37)22-36(32(38)34-27-16-9-6-10-17-27)23-33(20-11-12-21-33)26-14-7-5-8-15-26/h5-10,13-19,24-25H,11-12,20-23H2,1-4H3,(H,34,38)(H,35,37). The molecule has 0 aromatic heterocycles. The highest BCUT2D eigenvalue weighted by atomic mass is 16.2. The molecule has 2 N–H and O–H groups in total. The van der Waals surface area contributed by atoms with Gasteiger partial charge in [-0.25, -0.2) is 4.79 Å². The topological polar surface area (TPSA) is 61.4 Å². The van der Waals surface area contributed by atoms with Gasteiger partial charge >= 0.3 is 6.03 Å². The van der Waals surface area contributed by atoms with Crippen molar-refractivity contribution in [2.24, 2.45) is 0 Å². The number of urea groups is 1. The second-order valence-corrected chi connectivity index (χ2v) is 11.2. The minimum atomic E-state index is -0.255. The third-order valence-corrected chi connectivity index (χ3v) is 7.72. The lowest BCUT2D eigenvalue weighted by molar-refractivity contribution is -0.116. The molecule has 0 atom stereocenters. The van der Waals surface area contributed by atoms with Gasteiger partial charge in [-0.3, -0.25) is 4.79 Å². The lowest BCUT2D eigenvalue weighted by atomic mass is 9.78. The van der Waals surface area contributed by atoms with Crippen LogP contribution in [0.4, 0.5) is 16.2 Å². The maximum atomic E-state index is 13.6. The number of amides is 3. The van der Waals surface area contributed by atoms with Crippen LogP contribution in [0.15, 0.2) is 78.9 Å². The van der Waals surface area contributed by atoms with Gasteiger partial charge in [-0.2, -0.15) is 0 Å². The number of anilines is 2. The van der Waals surface area contributed by atoms with E-state index in [-0.39, 0.29) is 35.7 Å². The van der Waals surface area contributed by atoms with Gasteiger partial charge in [0, 0.05) is 23.3 Å². The van der Waals surface area contributed by atoms with E-state index in [1.54, 1.807) is 4.90 Å². The summed E-state index contributed by atoms with van der Waals surface area (Å²) in [7, 11) is 0. The first-order valence-corrected chi connectivity index (χ1v) is 13.9. The van der Waals surface area contributed by atoms with Crippen LogP contribution >= 0.6 is 0 Å². The van der Waals surface area contributed by atoms with Crippen LogP contribution in [-0.2, 0) is 10.2 Å². The predicted molar refractivity (Wildman–Crippen MR) is 157 cm³/mol. The van der Waals surface area contributed by atoms with Gasteiger partial charge in [0.1, 0.15) is 6.54 Å². The first-order valence-electron chi connectivity index (χ1n) is 13.9.